The van der Waals surface area contributed by atoms with Crippen LogP contribution < -0.4 is 0 Å². The quantitative estimate of drug-likeness (QED) is 0.760. The fraction of sp³-hybridized carbons (Fsp3) is 0.667. The Balaban J connectivity index is 1.65. The van der Waals surface area contributed by atoms with Crippen molar-refractivity contribution in [3.8, 4) is 0 Å². The molecule has 0 aromatic carbocycles. The zero-order valence-corrected chi connectivity index (χ0v) is 16.0. The predicted molar refractivity (Wildman–Crippen MR) is 96.3 cm³/mol. The molecule has 0 amide bonds. The van der Waals surface area contributed by atoms with Gasteiger partial charge in [-0.1, -0.05) is 20.8 Å². The van der Waals surface area contributed by atoms with E-state index < -0.39 is 8.32 Å². The molecule has 0 unspecified atom stereocenters. The van der Waals surface area contributed by atoms with Gasteiger partial charge in [-0.3, -0.25) is 0 Å². The van der Waals surface area contributed by atoms with E-state index in [1.54, 1.807) is 6.33 Å². The molecule has 1 aliphatic rings. The molecule has 1 saturated carbocycles. The average molecular weight is 332 g/mol. The monoisotopic (exact) mass is 331 g/mol. The van der Waals surface area contributed by atoms with Gasteiger partial charge in [0.2, 0.25) is 0 Å². The van der Waals surface area contributed by atoms with Gasteiger partial charge in [0, 0.05) is 17.7 Å². The van der Waals surface area contributed by atoms with Gasteiger partial charge in [0.25, 0.3) is 0 Å². The first-order chi connectivity index (χ1) is 10.8. The fourth-order valence-corrected chi connectivity index (χ4v) is 4.68. The van der Waals surface area contributed by atoms with Crippen LogP contribution in [0.3, 0.4) is 0 Å². The van der Waals surface area contributed by atoms with Gasteiger partial charge in [-0.2, -0.15) is 5.10 Å². The third-order valence-electron chi connectivity index (χ3n) is 5.71. The van der Waals surface area contributed by atoms with Crippen molar-refractivity contribution in [1.82, 2.24) is 14.6 Å². The van der Waals surface area contributed by atoms with E-state index in [9.17, 15) is 0 Å². The third-order valence-corrected chi connectivity index (χ3v) is 10.2. The Morgan fingerprint density at radius 3 is 2.48 bits per heavy atom. The smallest absolute Gasteiger partial charge is 0.192 e. The van der Waals surface area contributed by atoms with Crippen LogP contribution in [0, 0.1) is 0 Å². The molecule has 0 spiro atoms. The van der Waals surface area contributed by atoms with Crippen molar-refractivity contribution in [3.63, 3.8) is 0 Å². The van der Waals surface area contributed by atoms with Crippen LogP contribution in [-0.2, 0) is 4.43 Å². The number of hydrogen-bond donors (Lipinski definition) is 0. The first kappa shape index (κ1) is 16.6. The van der Waals surface area contributed by atoms with Crippen molar-refractivity contribution in [2.45, 2.75) is 76.6 Å². The van der Waals surface area contributed by atoms with Gasteiger partial charge in [-0.05, 0) is 55.9 Å². The number of fused-ring (bicyclic) bond motifs is 1. The molecular formula is C18H29N3OSi. The van der Waals surface area contributed by atoms with Crippen LogP contribution in [0.25, 0.3) is 5.52 Å². The molecule has 0 aliphatic heterocycles. The summed E-state index contributed by atoms with van der Waals surface area (Å²) in [6.07, 6.45) is 8.65. The first-order valence-corrected chi connectivity index (χ1v) is 11.6. The highest BCUT2D eigenvalue weighted by Gasteiger charge is 2.40. The van der Waals surface area contributed by atoms with E-state index in [4.69, 9.17) is 4.43 Å². The minimum absolute atomic E-state index is 0.290. The molecule has 2 aromatic heterocycles. The van der Waals surface area contributed by atoms with Crippen molar-refractivity contribution in [1.29, 1.82) is 0 Å². The van der Waals surface area contributed by atoms with E-state index >= 15 is 0 Å². The number of rotatable bonds is 3. The second kappa shape index (κ2) is 6.02. The van der Waals surface area contributed by atoms with Gasteiger partial charge in [-0.25, -0.2) is 9.50 Å². The average Bonchev–Trinajstić information content (AvgIpc) is 2.90. The van der Waals surface area contributed by atoms with E-state index in [1.807, 2.05) is 10.7 Å². The van der Waals surface area contributed by atoms with Crippen molar-refractivity contribution >= 4 is 13.8 Å². The highest BCUT2D eigenvalue weighted by Crippen LogP contribution is 2.41. The minimum atomic E-state index is -1.65. The summed E-state index contributed by atoms with van der Waals surface area (Å²) in [5.74, 6) is 0.590. The topological polar surface area (TPSA) is 39.4 Å². The van der Waals surface area contributed by atoms with E-state index in [0.717, 1.165) is 18.4 Å². The zero-order valence-electron chi connectivity index (χ0n) is 15.0. The molecule has 0 bridgehead atoms. The molecule has 0 atom stereocenters. The maximum absolute atomic E-state index is 6.60. The largest absolute Gasteiger partial charge is 0.414 e. The Hall–Kier alpha value is -1.20. The summed E-state index contributed by atoms with van der Waals surface area (Å²) in [7, 11) is -1.65. The molecule has 1 fully saturated rings. The summed E-state index contributed by atoms with van der Waals surface area (Å²) in [5, 5.41) is 4.70. The second-order valence-electron chi connectivity index (χ2n) is 8.36. The molecule has 2 heterocycles. The summed E-state index contributed by atoms with van der Waals surface area (Å²) in [6.45, 7) is 11.7. The number of nitrogens with zero attached hydrogens (tertiary/aromatic N) is 3. The molecular weight excluding hydrogens is 302 g/mol. The Kier molecular flexibility index (Phi) is 4.36. The lowest BCUT2D eigenvalue weighted by molar-refractivity contribution is 0.129. The van der Waals surface area contributed by atoms with Crippen LogP contribution in [0.4, 0.5) is 0 Å². The summed E-state index contributed by atoms with van der Waals surface area (Å²) in [6, 6.07) is 4.33. The SMILES string of the molecule is CC(C)(C)[Si](C)(C)OC1CCC(c2ccc3cncnn23)CC1. The normalized spacial score (nSPS) is 23.3. The molecule has 5 heteroatoms. The summed E-state index contributed by atoms with van der Waals surface area (Å²) < 4.78 is 8.65. The fourth-order valence-electron chi connectivity index (χ4n) is 3.26. The Bertz CT molecular complexity index is 666. The molecule has 3 rings (SSSR count). The molecule has 0 saturated heterocycles. The van der Waals surface area contributed by atoms with Crippen molar-refractivity contribution in [2.24, 2.45) is 0 Å². The first-order valence-electron chi connectivity index (χ1n) is 8.73. The Morgan fingerprint density at radius 2 is 1.83 bits per heavy atom. The standard InChI is InChI=1S/C18H29N3OSi/c1-18(2,3)23(4,5)22-16-9-6-14(7-10-16)17-11-8-15-12-19-13-20-21(15)17/h8,11-14,16H,6-7,9-10H2,1-5H3. The lowest BCUT2D eigenvalue weighted by Crippen LogP contribution is -2.44. The summed E-state index contributed by atoms with van der Waals surface area (Å²) in [4.78, 5) is 4.10. The molecule has 4 nitrogen and oxygen atoms in total. The van der Waals surface area contributed by atoms with Crippen LogP contribution >= 0.6 is 0 Å². The van der Waals surface area contributed by atoms with E-state index in [1.165, 1.54) is 18.5 Å². The highest BCUT2D eigenvalue weighted by atomic mass is 28.4. The maximum Gasteiger partial charge on any atom is 0.192 e. The number of aromatic nitrogens is 3. The Labute approximate surface area is 140 Å². The Morgan fingerprint density at radius 1 is 1.13 bits per heavy atom. The molecule has 1 aliphatic carbocycles. The van der Waals surface area contributed by atoms with Crippen LogP contribution in [0.15, 0.2) is 24.7 Å². The minimum Gasteiger partial charge on any atom is -0.414 e. The maximum atomic E-state index is 6.60. The van der Waals surface area contributed by atoms with Crippen molar-refractivity contribution in [2.75, 3.05) is 0 Å². The summed E-state index contributed by atoms with van der Waals surface area (Å²) in [5.41, 5.74) is 2.41. The van der Waals surface area contributed by atoms with Gasteiger partial charge >= 0.3 is 0 Å². The van der Waals surface area contributed by atoms with Crippen LogP contribution in [-0.4, -0.2) is 29.0 Å². The van der Waals surface area contributed by atoms with Crippen LogP contribution in [0.5, 0.6) is 0 Å². The van der Waals surface area contributed by atoms with Crippen molar-refractivity contribution in [3.05, 3.63) is 30.4 Å². The molecule has 2 aromatic rings. The molecule has 23 heavy (non-hydrogen) atoms. The van der Waals surface area contributed by atoms with E-state index in [0.29, 0.717) is 17.1 Å². The molecule has 126 valence electrons. The zero-order chi connectivity index (χ0) is 16.7. The van der Waals surface area contributed by atoms with Crippen molar-refractivity contribution < 1.29 is 4.43 Å². The van der Waals surface area contributed by atoms with Gasteiger partial charge in [-0.15, -0.1) is 0 Å². The highest BCUT2D eigenvalue weighted by molar-refractivity contribution is 6.74. The van der Waals surface area contributed by atoms with Crippen LogP contribution in [0.1, 0.15) is 58.1 Å². The molecule has 0 N–H and O–H groups in total. The van der Waals surface area contributed by atoms with Gasteiger partial charge in [0.1, 0.15) is 6.33 Å². The van der Waals surface area contributed by atoms with Gasteiger partial charge in [0.15, 0.2) is 8.32 Å². The predicted octanol–water partition coefficient (Wildman–Crippen LogP) is 4.78. The third kappa shape index (κ3) is 3.36. The second-order valence-corrected chi connectivity index (χ2v) is 13.1. The van der Waals surface area contributed by atoms with Gasteiger partial charge < -0.3 is 4.43 Å². The lowest BCUT2D eigenvalue weighted by atomic mass is 9.85. The number of hydrogen-bond acceptors (Lipinski definition) is 3. The van der Waals surface area contributed by atoms with E-state index in [-0.39, 0.29) is 0 Å². The molecule has 0 radical (unpaired) electrons. The summed E-state index contributed by atoms with van der Waals surface area (Å²) >= 11 is 0. The van der Waals surface area contributed by atoms with Crippen LogP contribution in [0.2, 0.25) is 18.1 Å². The van der Waals surface area contributed by atoms with E-state index in [2.05, 4.69) is 56.1 Å². The van der Waals surface area contributed by atoms with Gasteiger partial charge in [0.05, 0.1) is 11.7 Å². The lowest BCUT2D eigenvalue weighted by Gasteiger charge is -2.41.